The highest BCUT2D eigenvalue weighted by Gasteiger charge is 2.28. The van der Waals surface area contributed by atoms with E-state index < -0.39 is 0 Å². The molecule has 2 saturated carbocycles. The Labute approximate surface area is 434 Å². The van der Waals surface area contributed by atoms with E-state index in [1.165, 1.54) is 130 Å². The van der Waals surface area contributed by atoms with E-state index in [-0.39, 0.29) is 0 Å². The fraction of sp³-hybridized carbons (Fsp3) is 0.257. The molecule has 0 aliphatic heterocycles. The number of rotatable bonds is 10. The first kappa shape index (κ1) is 45.1. The van der Waals surface area contributed by atoms with Crippen LogP contribution in [0.25, 0.3) is 76.2 Å². The molecule has 14 rings (SSSR count). The Balaban J connectivity index is 0.991. The molecule has 4 heteroatoms. The topological polar surface area (TPSA) is 32.8 Å². The summed E-state index contributed by atoms with van der Waals surface area (Å²) in [4.78, 5) is 4.93. The van der Waals surface area contributed by atoms with Gasteiger partial charge >= 0.3 is 0 Å². The van der Waals surface area contributed by atoms with Gasteiger partial charge in [-0.3, -0.25) is 0 Å². The lowest BCUT2D eigenvalue weighted by atomic mass is 9.83. The van der Waals surface area contributed by atoms with Crippen molar-refractivity contribution < 1.29 is 8.83 Å². The first-order valence-electron chi connectivity index (χ1n) is 27.8. The van der Waals surface area contributed by atoms with Crippen LogP contribution in [0.1, 0.15) is 138 Å². The predicted molar refractivity (Wildman–Crippen MR) is 314 cm³/mol. The first-order chi connectivity index (χ1) is 36.4. The average Bonchev–Trinajstić information content (AvgIpc) is 4.04. The molecule has 2 fully saturated rings. The molecule has 366 valence electrons. The van der Waals surface area contributed by atoms with E-state index in [9.17, 15) is 0 Å². The van der Waals surface area contributed by atoms with E-state index in [0.717, 1.165) is 67.2 Å². The molecule has 0 spiro atoms. The molecule has 0 saturated heterocycles. The fourth-order valence-electron chi connectivity index (χ4n) is 13.5. The van der Waals surface area contributed by atoms with Crippen molar-refractivity contribution in [1.82, 2.24) is 0 Å². The zero-order valence-electron chi connectivity index (χ0n) is 43.3. The van der Waals surface area contributed by atoms with Gasteiger partial charge in [0.05, 0.1) is 22.7 Å². The second kappa shape index (κ2) is 18.1. The van der Waals surface area contributed by atoms with Crippen molar-refractivity contribution in [3.8, 4) is 0 Å². The van der Waals surface area contributed by atoms with Gasteiger partial charge < -0.3 is 18.6 Å². The van der Waals surface area contributed by atoms with Crippen molar-refractivity contribution in [2.24, 2.45) is 0 Å². The highest BCUT2D eigenvalue weighted by Crippen LogP contribution is 2.52. The summed E-state index contributed by atoms with van der Waals surface area (Å²) < 4.78 is 14.5. The largest absolute Gasteiger partial charge is 0.454 e. The summed E-state index contributed by atoms with van der Waals surface area (Å²) >= 11 is 0. The minimum atomic E-state index is 0.420. The van der Waals surface area contributed by atoms with E-state index in [1.807, 2.05) is 0 Å². The van der Waals surface area contributed by atoms with E-state index in [4.69, 9.17) is 8.83 Å². The monoisotopic (exact) mass is 964 g/mol. The molecule has 2 aliphatic carbocycles. The van der Waals surface area contributed by atoms with Gasteiger partial charge in [0, 0.05) is 43.7 Å². The van der Waals surface area contributed by atoms with Crippen LogP contribution in [-0.2, 0) is 0 Å². The number of fused-ring (bicyclic) bond motifs is 6. The van der Waals surface area contributed by atoms with Crippen molar-refractivity contribution in [3.63, 3.8) is 0 Å². The van der Waals surface area contributed by atoms with Crippen LogP contribution >= 0.6 is 0 Å². The number of anilines is 6. The van der Waals surface area contributed by atoms with Crippen molar-refractivity contribution in [1.29, 1.82) is 0 Å². The van der Waals surface area contributed by atoms with Gasteiger partial charge in [-0.25, -0.2) is 0 Å². The zero-order valence-corrected chi connectivity index (χ0v) is 43.3. The van der Waals surface area contributed by atoms with Crippen molar-refractivity contribution in [3.05, 3.63) is 192 Å². The molecule has 0 unspecified atom stereocenters. The van der Waals surface area contributed by atoms with Crippen LogP contribution in [0.5, 0.6) is 0 Å². The Bertz CT molecular complexity index is 3780. The summed E-state index contributed by atoms with van der Waals surface area (Å²) in [5.41, 5.74) is 15.9. The second-order valence-corrected chi connectivity index (χ2v) is 22.4. The molecule has 12 aromatic rings. The van der Waals surface area contributed by atoms with Gasteiger partial charge in [-0.15, -0.1) is 0 Å². The summed E-state index contributed by atoms with van der Waals surface area (Å²) in [6, 6.07) is 64.3. The molecule has 0 amide bonds. The lowest BCUT2D eigenvalue weighted by Gasteiger charge is -2.29. The summed E-state index contributed by atoms with van der Waals surface area (Å²) in [6.07, 6.45) is 12.7. The van der Waals surface area contributed by atoms with Gasteiger partial charge in [-0.1, -0.05) is 188 Å². The number of hydrogen-bond acceptors (Lipinski definition) is 4. The molecular formula is C70H64N2O2. The molecule has 0 radical (unpaired) electrons. The van der Waals surface area contributed by atoms with Gasteiger partial charge in [-0.05, 0) is 142 Å². The molecule has 0 bridgehead atoms. The number of nitrogens with zero attached hydrogens (tertiary/aromatic N) is 2. The van der Waals surface area contributed by atoms with Crippen molar-refractivity contribution >= 4 is 110 Å². The third-order valence-electron chi connectivity index (χ3n) is 17.4. The van der Waals surface area contributed by atoms with E-state index >= 15 is 0 Å². The summed E-state index contributed by atoms with van der Waals surface area (Å²) in [5, 5.41) is 12.1. The summed E-state index contributed by atoms with van der Waals surface area (Å²) in [6.45, 7) is 9.09. The molecule has 2 heterocycles. The molecule has 0 atom stereocenters. The molecule has 0 N–H and O–H groups in total. The fourth-order valence-corrected chi connectivity index (χ4v) is 13.5. The van der Waals surface area contributed by atoms with Crippen molar-refractivity contribution in [2.45, 2.75) is 116 Å². The van der Waals surface area contributed by atoms with Gasteiger partial charge in [0.2, 0.25) is 0 Å². The molecule has 74 heavy (non-hydrogen) atoms. The number of benzene rings is 10. The minimum absolute atomic E-state index is 0.420. The highest BCUT2D eigenvalue weighted by atomic mass is 16.3. The Morgan fingerprint density at radius 2 is 0.703 bits per heavy atom. The van der Waals surface area contributed by atoms with Crippen LogP contribution < -0.4 is 9.80 Å². The van der Waals surface area contributed by atoms with Crippen LogP contribution in [-0.4, -0.2) is 0 Å². The maximum absolute atomic E-state index is 7.26. The third kappa shape index (κ3) is 7.30. The standard InChI is InChI=1S/C70H64N2O2/c1-43(2)45-27-35-51(36-28-45)71(63-25-13-23-57-55-21-11-19-53(67(55)73-69(57)63)47-15-7-5-8-16-47)61-41-33-49-32-40-60-62(42-34-50-31-39-59(61)65(49)66(50)60)72(52-37-29-46(30-38-52)44(3)4)64-26-14-24-58-56-22-12-20-54(68(56)74-70(58)64)48-17-9-6-10-18-48/h11-14,19-44,47-48H,5-10,15-18H2,1-4H3. The normalized spacial score (nSPS) is 15.2. The summed E-state index contributed by atoms with van der Waals surface area (Å²) in [7, 11) is 0. The average molecular weight is 965 g/mol. The number of para-hydroxylation sites is 4. The Morgan fingerprint density at radius 3 is 1.09 bits per heavy atom. The van der Waals surface area contributed by atoms with Crippen molar-refractivity contribution in [2.75, 3.05) is 9.80 Å². The van der Waals surface area contributed by atoms with E-state index in [2.05, 4.69) is 207 Å². The van der Waals surface area contributed by atoms with E-state index in [1.54, 1.807) is 0 Å². The number of hydrogen-bond donors (Lipinski definition) is 0. The Hall–Kier alpha value is -7.56. The van der Waals surface area contributed by atoms with Gasteiger partial charge in [0.1, 0.15) is 11.2 Å². The van der Waals surface area contributed by atoms with Crippen LogP contribution in [0.4, 0.5) is 34.1 Å². The first-order valence-corrected chi connectivity index (χ1v) is 27.8. The van der Waals surface area contributed by atoms with Crippen LogP contribution in [0, 0.1) is 0 Å². The molecule has 2 aromatic heterocycles. The van der Waals surface area contributed by atoms with E-state index in [0.29, 0.717) is 23.7 Å². The maximum Gasteiger partial charge on any atom is 0.159 e. The predicted octanol–water partition coefficient (Wildman–Crippen LogP) is 21.7. The van der Waals surface area contributed by atoms with Gasteiger partial charge in [-0.2, -0.15) is 0 Å². The van der Waals surface area contributed by atoms with Gasteiger partial charge in [0.15, 0.2) is 11.2 Å². The smallest absolute Gasteiger partial charge is 0.159 e. The Kier molecular flexibility index (Phi) is 11.0. The quantitative estimate of drug-likeness (QED) is 0.128. The summed E-state index contributed by atoms with van der Waals surface area (Å²) in [5.74, 6) is 1.90. The molecular weight excluding hydrogens is 901 g/mol. The number of furan rings is 2. The lowest BCUT2D eigenvalue weighted by molar-refractivity contribution is 0.442. The molecule has 2 aliphatic rings. The highest BCUT2D eigenvalue weighted by molar-refractivity contribution is 6.29. The second-order valence-electron chi connectivity index (χ2n) is 22.4. The maximum atomic E-state index is 7.26. The lowest BCUT2D eigenvalue weighted by Crippen LogP contribution is -2.12. The molecule has 4 nitrogen and oxygen atoms in total. The third-order valence-corrected chi connectivity index (χ3v) is 17.4. The van der Waals surface area contributed by atoms with Gasteiger partial charge in [0.25, 0.3) is 0 Å². The SMILES string of the molecule is CC(C)c1ccc(N(c2ccc3ccc4c(N(c5ccc(C(C)C)cc5)c5cccc6c5oc5c(C7CCCCC7)cccc56)ccc5ccc2c3c54)c2cccc3c2oc2c(C4CCCCC4)cccc23)cc1. The Morgan fingerprint density at radius 1 is 0.338 bits per heavy atom. The van der Waals surface area contributed by atoms with Crippen LogP contribution in [0.2, 0.25) is 0 Å². The zero-order chi connectivity index (χ0) is 49.6. The van der Waals surface area contributed by atoms with Crippen LogP contribution in [0.3, 0.4) is 0 Å². The molecule has 10 aromatic carbocycles. The van der Waals surface area contributed by atoms with Crippen LogP contribution in [0.15, 0.2) is 179 Å². The minimum Gasteiger partial charge on any atom is -0.454 e.